The van der Waals surface area contributed by atoms with Crippen LogP contribution in [0.2, 0.25) is 0 Å². The quantitative estimate of drug-likeness (QED) is 0.797. The largest absolute Gasteiger partial charge is 0.318 e. The van der Waals surface area contributed by atoms with Crippen LogP contribution in [-0.4, -0.2) is 9.97 Å². The van der Waals surface area contributed by atoms with Gasteiger partial charge < -0.3 is 5.73 Å². The summed E-state index contributed by atoms with van der Waals surface area (Å²) in [6.45, 7) is 6.24. The molecule has 3 nitrogen and oxygen atoms in total. The number of hydrogen-bond acceptors (Lipinski definition) is 4. The van der Waals surface area contributed by atoms with Crippen LogP contribution in [0.5, 0.6) is 0 Å². The molecule has 4 heteroatoms. The summed E-state index contributed by atoms with van der Waals surface area (Å²) >= 11 is 1.70. The molecule has 0 saturated heterocycles. The van der Waals surface area contributed by atoms with Gasteiger partial charge in [0, 0.05) is 16.0 Å². The van der Waals surface area contributed by atoms with Gasteiger partial charge in [-0.25, -0.2) is 4.98 Å². The molecule has 1 unspecified atom stereocenters. The SMILES string of the molecule is CCc1nc(C(N)c2ccc3nc(C)ccc3c2)sc1C. The van der Waals surface area contributed by atoms with Gasteiger partial charge in [0.15, 0.2) is 0 Å². The molecule has 0 spiro atoms. The van der Waals surface area contributed by atoms with E-state index in [0.29, 0.717) is 0 Å². The molecule has 0 aliphatic rings. The van der Waals surface area contributed by atoms with Gasteiger partial charge in [-0.2, -0.15) is 0 Å². The highest BCUT2D eigenvalue weighted by atomic mass is 32.1. The van der Waals surface area contributed by atoms with Crippen molar-refractivity contribution in [1.82, 2.24) is 9.97 Å². The number of fused-ring (bicyclic) bond motifs is 1. The van der Waals surface area contributed by atoms with Gasteiger partial charge in [-0.3, -0.25) is 4.98 Å². The maximum absolute atomic E-state index is 6.40. The van der Waals surface area contributed by atoms with Crippen molar-refractivity contribution in [1.29, 1.82) is 0 Å². The molecular formula is C17H19N3S. The fourth-order valence-corrected chi connectivity index (χ4v) is 3.53. The molecule has 0 aliphatic carbocycles. The number of hydrogen-bond donors (Lipinski definition) is 1. The maximum atomic E-state index is 6.40. The zero-order chi connectivity index (χ0) is 15.0. The van der Waals surface area contributed by atoms with Gasteiger partial charge in [0.2, 0.25) is 0 Å². The van der Waals surface area contributed by atoms with E-state index in [9.17, 15) is 0 Å². The molecule has 3 rings (SSSR count). The predicted molar refractivity (Wildman–Crippen MR) is 88.7 cm³/mol. The molecule has 0 bridgehead atoms. The molecule has 2 aromatic heterocycles. The summed E-state index contributed by atoms with van der Waals surface area (Å²) in [5.74, 6) is 0. The van der Waals surface area contributed by atoms with Gasteiger partial charge in [0.1, 0.15) is 5.01 Å². The van der Waals surface area contributed by atoms with Crippen LogP contribution in [-0.2, 0) is 6.42 Å². The zero-order valence-corrected chi connectivity index (χ0v) is 13.4. The van der Waals surface area contributed by atoms with E-state index in [-0.39, 0.29) is 6.04 Å². The summed E-state index contributed by atoms with van der Waals surface area (Å²) in [4.78, 5) is 10.5. The zero-order valence-electron chi connectivity index (χ0n) is 12.6. The van der Waals surface area contributed by atoms with Crippen molar-refractivity contribution >= 4 is 22.2 Å². The average molecular weight is 297 g/mol. The Bertz CT molecular complexity index is 792. The molecule has 21 heavy (non-hydrogen) atoms. The van der Waals surface area contributed by atoms with Crippen molar-refractivity contribution in [2.24, 2.45) is 5.73 Å². The lowest BCUT2D eigenvalue weighted by atomic mass is 10.0. The number of thiazole rings is 1. The van der Waals surface area contributed by atoms with Gasteiger partial charge in [-0.05, 0) is 44.0 Å². The Balaban J connectivity index is 2.00. The Morgan fingerprint density at radius 2 is 1.95 bits per heavy atom. The Hall–Kier alpha value is -1.78. The second kappa shape index (κ2) is 5.54. The number of rotatable bonds is 3. The van der Waals surface area contributed by atoms with Crippen LogP contribution < -0.4 is 5.73 Å². The van der Waals surface area contributed by atoms with Crippen LogP contribution in [0.3, 0.4) is 0 Å². The topological polar surface area (TPSA) is 51.8 Å². The molecule has 2 N–H and O–H groups in total. The number of nitrogens with two attached hydrogens (primary N) is 1. The van der Waals surface area contributed by atoms with Crippen LogP contribution in [0.15, 0.2) is 30.3 Å². The molecule has 0 amide bonds. The smallest absolute Gasteiger partial charge is 0.114 e. The molecule has 3 aromatic rings. The monoisotopic (exact) mass is 297 g/mol. The fraction of sp³-hybridized carbons (Fsp3) is 0.294. The van der Waals surface area contributed by atoms with Crippen LogP contribution in [0.1, 0.15) is 39.8 Å². The van der Waals surface area contributed by atoms with Crippen molar-refractivity contribution in [3.8, 4) is 0 Å². The highest BCUT2D eigenvalue weighted by Crippen LogP contribution is 2.28. The molecule has 1 aromatic carbocycles. The minimum Gasteiger partial charge on any atom is -0.318 e. The third-order valence-electron chi connectivity index (χ3n) is 3.72. The Morgan fingerprint density at radius 3 is 2.67 bits per heavy atom. The molecule has 0 fully saturated rings. The second-order valence-corrected chi connectivity index (χ2v) is 6.53. The van der Waals surface area contributed by atoms with E-state index in [1.807, 2.05) is 19.1 Å². The summed E-state index contributed by atoms with van der Waals surface area (Å²) in [6, 6.07) is 10.2. The maximum Gasteiger partial charge on any atom is 0.114 e. The Morgan fingerprint density at radius 1 is 1.14 bits per heavy atom. The average Bonchev–Trinajstić information content (AvgIpc) is 2.87. The third kappa shape index (κ3) is 2.69. The molecule has 0 aliphatic heterocycles. The first-order valence-corrected chi connectivity index (χ1v) is 7.99. The van der Waals surface area contributed by atoms with E-state index >= 15 is 0 Å². The van der Waals surface area contributed by atoms with Crippen molar-refractivity contribution in [3.63, 3.8) is 0 Å². The van der Waals surface area contributed by atoms with Gasteiger partial charge in [-0.1, -0.05) is 19.1 Å². The van der Waals surface area contributed by atoms with E-state index in [1.54, 1.807) is 11.3 Å². The minimum absolute atomic E-state index is 0.167. The molecule has 1 atom stereocenters. The normalized spacial score (nSPS) is 12.8. The Kier molecular flexibility index (Phi) is 3.74. The highest BCUT2D eigenvalue weighted by molar-refractivity contribution is 7.11. The molecule has 0 radical (unpaired) electrons. The van der Waals surface area contributed by atoms with Crippen LogP contribution in [0, 0.1) is 13.8 Å². The third-order valence-corrected chi connectivity index (χ3v) is 4.82. The standard InChI is InChI=1S/C17H19N3S/c1-4-14-11(3)21-17(20-14)16(18)13-7-8-15-12(9-13)6-5-10(2)19-15/h5-9,16H,4,18H2,1-3H3. The minimum atomic E-state index is -0.167. The van der Waals surface area contributed by atoms with Crippen LogP contribution in [0.4, 0.5) is 0 Å². The fourth-order valence-electron chi connectivity index (χ4n) is 2.49. The van der Waals surface area contributed by atoms with Crippen molar-refractivity contribution in [2.75, 3.05) is 0 Å². The predicted octanol–water partition coefficient (Wildman–Crippen LogP) is 3.92. The molecular weight excluding hydrogens is 278 g/mol. The van der Waals surface area contributed by atoms with E-state index in [1.165, 1.54) is 4.88 Å². The number of aromatic nitrogens is 2. The van der Waals surface area contributed by atoms with Crippen molar-refractivity contribution in [3.05, 3.63) is 57.2 Å². The van der Waals surface area contributed by atoms with Crippen LogP contribution >= 0.6 is 11.3 Å². The summed E-state index contributed by atoms with van der Waals surface area (Å²) in [5.41, 5.74) is 10.7. The van der Waals surface area contributed by atoms with Crippen molar-refractivity contribution < 1.29 is 0 Å². The summed E-state index contributed by atoms with van der Waals surface area (Å²) in [5, 5.41) is 2.11. The van der Waals surface area contributed by atoms with E-state index in [4.69, 9.17) is 5.73 Å². The Labute approximate surface area is 128 Å². The van der Waals surface area contributed by atoms with Gasteiger partial charge in [0.25, 0.3) is 0 Å². The molecule has 2 heterocycles. The summed E-state index contributed by atoms with van der Waals surface area (Å²) in [6.07, 6.45) is 0.954. The summed E-state index contributed by atoms with van der Waals surface area (Å²) < 4.78 is 0. The van der Waals surface area contributed by atoms with Crippen LogP contribution in [0.25, 0.3) is 10.9 Å². The van der Waals surface area contributed by atoms with Gasteiger partial charge in [0.05, 0.1) is 17.3 Å². The van der Waals surface area contributed by atoms with Crippen molar-refractivity contribution in [2.45, 2.75) is 33.2 Å². The van der Waals surface area contributed by atoms with Gasteiger partial charge in [-0.15, -0.1) is 11.3 Å². The van der Waals surface area contributed by atoms with Gasteiger partial charge >= 0.3 is 0 Å². The lowest BCUT2D eigenvalue weighted by Crippen LogP contribution is -2.11. The number of aryl methyl sites for hydroxylation is 3. The second-order valence-electron chi connectivity index (χ2n) is 5.29. The van der Waals surface area contributed by atoms with E-state index in [2.05, 4.69) is 42.0 Å². The first-order chi connectivity index (χ1) is 10.1. The highest BCUT2D eigenvalue weighted by Gasteiger charge is 2.15. The molecule has 0 saturated carbocycles. The lowest BCUT2D eigenvalue weighted by Gasteiger charge is -2.10. The number of benzene rings is 1. The number of pyridine rings is 1. The first kappa shape index (κ1) is 14.2. The van der Waals surface area contributed by atoms with E-state index < -0.39 is 0 Å². The molecule has 108 valence electrons. The summed E-state index contributed by atoms with van der Waals surface area (Å²) in [7, 11) is 0. The first-order valence-electron chi connectivity index (χ1n) is 7.17. The van der Waals surface area contributed by atoms with E-state index in [0.717, 1.165) is 39.3 Å². The number of nitrogens with zero attached hydrogens (tertiary/aromatic N) is 2. The lowest BCUT2D eigenvalue weighted by molar-refractivity contribution is 0.845.